The van der Waals surface area contributed by atoms with Gasteiger partial charge >= 0.3 is 0 Å². The van der Waals surface area contributed by atoms with Crippen molar-refractivity contribution in [1.29, 1.82) is 0 Å². The van der Waals surface area contributed by atoms with Crippen LogP contribution in [0, 0.1) is 12.7 Å². The van der Waals surface area contributed by atoms with E-state index >= 15 is 0 Å². The van der Waals surface area contributed by atoms with Gasteiger partial charge in [0.15, 0.2) is 0 Å². The maximum absolute atomic E-state index is 14.7. The second-order valence-corrected chi connectivity index (χ2v) is 6.37. The molecular weight excluding hydrogens is 323 g/mol. The Morgan fingerprint density at radius 2 is 1.92 bits per heavy atom. The van der Waals surface area contributed by atoms with Crippen LogP contribution in [0.15, 0.2) is 67.4 Å². The Balaban J connectivity index is 1.86. The van der Waals surface area contributed by atoms with Gasteiger partial charge in [0.1, 0.15) is 5.82 Å². The first-order valence-electron chi connectivity index (χ1n) is 8.86. The Hall–Kier alpha value is -2.94. The van der Waals surface area contributed by atoms with E-state index in [4.69, 9.17) is 0 Å². The first-order valence-corrected chi connectivity index (χ1v) is 8.86. The maximum Gasteiger partial charge on any atom is 0.133 e. The van der Waals surface area contributed by atoms with Gasteiger partial charge in [-0.1, -0.05) is 50.3 Å². The molecule has 0 bridgehead atoms. The van der Waals surface area contributed by atoms with E-state index in [1.54, 1.807) is 12.3 Å². The first-order chi connectivity index (χ1) is 12.6. The predicted molar refractivity (Wildman–Crippen MR) is 107 cm³/mol. The highest BCUT2D eigenvalue weighted by molar-refractivity contribution is 5.78. The van der Waals surface area contributed by atoms with Crippen LogP contribution in [0.1, 0.15) is 30.0 Å². The fourth-order valence-electron chi connectivity index (χ4n) is 3.03. The molecule has 0 atom stereocenters. The molecule has 1 aromatic heterocycles. The third-order valence-corrected chi connectivity index (χ3v) is 4.40. The number of para-hydroxylation sites is 1. The molecule has 1 heterocycles. The molecule has 26 heavy (non-hydrogen) atoms. The van der Waals surface area contributed by atoms with Crippen LogP contribution in [0.3, 0.4) is 0 Å². The van der Waals surface area contributed by atoms with Gasteiger partial charge in [0.25, 0.3) is 0 Å². The minimum Gasteiger partial charge on any atom is -0.355 e. The Bertz CT molecular complexity index is 931. The van der Waals surface area contributed by atoms with Crippen molar-refractivity contribution in [2.45, 2.75) is 26.7 Å². The molecule has 0 unspecified atom stereocenters. The normalized spacial score (nSPS) is 10.6. The lowest BCUT2D eigenvalue weighted by Crippen LogP contribution is -2.02. The van der Waals surface area contributed by atoms with Crippen LogP contribution < -0.4 is 5.32 Å². The molecule has 0 radical (unpaired) electrons. The predicted octanol–water partition coefficient (Wildman–Crippen LogP) is 6.23. The number of nitrogens with one attached hydrogen (secondary N) is 1. The highest BCUT2D eigenvalue weighted by Gasteiger charge is 2.11. The lowest BCUT2D eigenvalue weighted by Gasteiger charge is -2.15. The highest BCUT2D eigenvalue weighted by atomic mass is 19.1. The molecule has 0 fully saturated rings. The lowest BCUT2D eigenvalue weighted by molar-refractivity contribution is 0.630. The zero-order valence-electron chi connectivity index (χ0n) is 15.2. The van der Waals surface area contributed by atoms with Gasteiger partial charge in [-0.2, -0.15) is 0 Å². The summed E-state index contributed by atoms with van der Waals surface area (Å²) in [4.78, 5) is 4.31. The van der Waals surface area contributed by atoms with Crippen molar-refractivity contribution < 1.29 is 4.39 Å². The number of aromatic nitrogens is 1. The van der Waals surface area contributed by atoms with E-state index in [1.807, 2.05) is 43.3 Å². The molecule has 0 aliphatic heterocycles. The van der Waals surface area contributed by atoms with Crippen molar-refractivity contribution in [3.05, 3.63) is 89.9 Å². The number of hydrogen-bond acceptors (Lipinski definition) is 2. The standard InChI is InChI=1S/C23H23FN2/c1-4-8-18-10-5-6-11-22(18)26-17(3)19-12-13-20(21(24)15-19)23-16(2)9-7-14-25-23/h5-7,9-15,26H,3-4,8H2,1-2H3. The molecule has 3 rings (SSSR count). The van der Waals surface area contributed by atoms with Crippen LogP contribution in [0.25, 0.3) is 17.0 Å². The minimum absolute atomic E-state index is 0.297. The van der Waals surface area contributed by atoms with Gasteiger partial charge < -0.3 is 5.32 Å². The van der Waals surface area contributed by atoms with E-state index in [1.165, 1.54) is 11.6 Å². The van der Waals surface area contributed by atoms with Gasteiger partial charge in [0, 0.05) is 28.7 Å². The van der Waals surface area contributed by atoms with E-state index in [0.717, 1.165) is 29.7 Å². The summed E-state index contributed by atoms with van der Waals surface area (Å²) in [5.41, 5.74) is 5.78. The quantitative estimate of drug-likeness (QED) is 0.572. The SMILES string of the molecule is C=C(Nc1ccccc1CCC)c1ccc(-c2ncccc2C)c(F)c1. The Kier molecular flexibility index (Phi) is 5.47. The third kappa shape index (κ3) is 3.83. The van der Waals surface area contributed by atoms with Crippen LogP contribution in [0.4, 0.5) is 10.1 Å². The van der Waals surface area contributed by atoms with Crippen molar-refractivity contribution >= 4 is 11.4 Å². The zero-order chi connectivity index (χ0) is 18.5. The molecular formula is C23H23FN2. The Morgan fingerprint density at radius 3 is 2.65 bits per heavy atom. The van der Waals surface area contributed by atoms with Crippen molar-refractivity contribution in [1.82, 2.24) is 4.98 Å². The summed E-state index contributed by atoms with van der Waals surface area (Å²) in [5, 5.41) is 3.33. The second kappa shape index (κ2) is 7.96. The van der Waals surface area contributed by atoms with E-state index < -0.39 is 0 Å². The molecule has 0 amide bonds. The van der Waals surface area contributed by atoms with E-state index in [-0.39, 0.29) is 5.82 Å². The van der Waals surface area contributed by atoms with E-state index in [0.29, 0.717) is 17.0 Å². The summed E-state index contributed by atoms with van der Waals surface area (Å²) >= 11 is 0. The number of aryl methyl sites for hydroxylation is 2. The number of rotatable bonds is 6. The average molecular weight is 346 g/mol. The molecule has 0 spiro atoms. The van der Waals surface area contributed by atoms with Crippen molar-refractivity contribution in [2.75, 3.05) is 5.32 Å². The number of halogens is 1. The maximum atomic E-state index is 14.7. The zero-order valence-corrected chi connectivity index (χ0v) is 15.2. The summed E-state index contributed by atoms with van der Waals surface area (Å²) in [6, 6.07) is 17.1. The van der Waals surface area contributed by atoms with Crippen LogP contribution in [0.5, 0.6) is 0 Å². The summed E-state index contributed by atoms with van der Waals surface area (Å²) in [7, 11) is 0. The largest absolute Gasteiger partial charge is 0.355 e. The van der Waals surface area contributed by atoms with E-state index in [2.05, 4.69) is 29.9 Å². The topological polar surface area (TPSA) is 24.9 Å². The van der Waals surface area contributed by atoms with Gasteiger partial charge in [0.2, 0.25) is 0 Å². The number of benzene rings is 2. The van der Waals surface area contributed by atoms with Crippen LogP contribution >= 0.6 is 0 Å². The molecule has 0 aliphatic carbocycles. The van der Waals surface area contributed by atoms with Crippen LogP contribution in [-0.4, -0.2) is 4.98 Å². The van der Waals surface area contributed by atoms with Gasteiger partial charge in [-0.05, 0) is 48.7 Å². The molecule has 3 aromatic rings. The molecule has 2 nitrogen and oxygen atoms in total. The number of pyridine rings is 1. The summed E-state index contributed by atoms with van der Waals surface area (Å²) in [5.74, 6) is -0.297. The minimum atomic E-state index is -0.297. The summed E-state index contributed by atoms with van der Waals surface area (Å²) in [6.07, 6.45) is 3.74. The lowest BCUT2D eigenvalue weighted by atomic mass is 10.0. The summed E-state index contributed by atoms with van der Waals surface area (Å²) < 4.78 is 14.7. The molecule has 3 heteroatoms. The molecule has 1 N–H and O–H groups in total. The van der Waals surface area contributed by atoms with Gasteiger partial charge in [0.05, 0.1) is 5.69 Å². The molecule has 0 saturated carbocycles. The number of anilines is 1. The second-order valence-electron chi connectivity index (χ2n) is 6.37. The average Bonchev–Trinajstić information content (AvgIpc) is 2.64. The summed E-state index contributed by atoms with van der Waals surface area (Å²) in [6.45, 7) is 8.17. The Morgan fingerprint density at radius 1 is 1.12 bits per heavy atom. The monoisotopic (exact) mass is 346 g/mol. The van der Waals surface area contributed by atoms with Gasteiger partial charge in [-0.25, -0.2) is 4.39 Å². The van der Waals surface area contributed by atoms with Gasteiger partial charge in [-0.15, -0.1) is 0 Å². The fraction of sp³-hybridized carbons (Fsp3) is 0.174. The van der Waals surface area contributed by atoms with Crippen LogP contribution in [-0.2, 0) is 6.42 Å². The smallest absolute Gasteiger partial charge is 0.133 e. The molecule has 132 valence electrons. The number of hydrogen-bond donors (Lipinski definition) is 1. The van der Waals surface area contributed by atoms with Crippen LogP contribution in [0.2, 0.25) is 0 Å². The Labute approximate surface area is 154 Å². The molecule has 0 aliphatic rings. The molecule has 0 saturated heterocycles. The first kappa shape index (κ1) is 17.9. The van der Waals surface area contributed by atoms with Gasteiger partial charge in [-0.3, -0.25) is 4.98 Å². The third-order valence-electron chi connectivity index (χ3n) is 4.40. The van der Waals surface area contributed by atoms with Crippen molar-refractivity contribution in [3.8, 4) is 11.3 Å². The van der Waals surface area contributed by atoms with Crippen molar-refractivity contribution in [3.63, 3.8) is 0 Å². The molecule has 2 aromatic carbocycles. The van der Waals surface area contributed by atoms with Crippen molar-refractivity contribution in [2.24, 2.45) is 0 Å². The fourth-order valence-corrected chi connectivity index (χ4v) is 3.03. The number of nitrogens with zero attached hydrogens (tertiary/aromatic N) is 1. The highest BCUT2D eigenvalue weighted by Crippen LogP contribution is 2.28. The van der Waals surface area contributed by atoms with E-state index in [9.17, 15) is 4.39 Å².